The summed E-state index contributed by atoms with van der Waals surface area (Å²) in [6.45, 7) is 1.95. The minimum Gasteiger partial charge on any atom is -0.495 e. The molecule has 0 aliphatic heterocycles. The van der Waals surface area contributed by atoms with E-state index in [2.05, 4.69) is 26.3 Å². The average Bonchev–Trinajstić information content (AvgIpc) is 2.68. The number of aryl methyl sites for hydroxylation is 1. The summed E-state index contributed by atoms with van der Waals surface area (Å²) in [5.41, 5.74) is 4.52. The number of nitriles is 1. The molecule has 0 atom stereocenters. The van der Waals surface area contributed by atoms with Crippen molar-refractivity contribution in [3.05, 3.63) is 58.9 Å². The van der Waals surface area contributed by atoms with Gasteiger partial charge in [0.25, 0.3) is 0 Å². The van der Waals surface area contributed by atoms with Crippen LogP contribution in [0.25, 0.3) is 21.9 Å². The van der Waals surface area contributed by atoms with Gasteiger partial charge in [0.1, 0.15) is 17.6 Å². The number of anilines is 2. The zero-order valence-corrected chi connectivity index (χ0v) is 15.4. The van der Waals surface area contributed by atoms with E-state index in [1.54, 1.807) is 25.6 Å². The summed E-state index contributed by atoms with van der Waals surface area (Å²) >= 11 is 6.15. The summed E-state index contributed by atoms with van der Waals surface area (Å²) in [4.78, 5) is 13.4. The van der Waals surface area contributed by atoms with Crippen LogP contribution in [0, 0.1) is 18.3 Å². The highest BCUT2D eigenvalue weighted by molar-refractivity contribution is 6.32. The fourth-order valence-electron chi connectivity index (χ4n) is 2.84. The quantitative estimate of drug-likeness (QED) is 0.519. The smallest absolute Gasteiger partial charge is 0.149 e. The van der Waals surface area contributed by atoms with Gasteiger partial charge in [-0.05, 0) is 36.8 Å². The second-order valence-electron chi connectivity index (χ2n) is 6.05. The van der Waals surface area contributed by atoms with Crippen molar-refractivity contribution in [1.29, 1.82) is 5.26 Å². The molecule has 27 heavy (non-hydrogen) atoms. The first kappa shape index (κ1) is 17.0. The minimum absolute atomic E-state index is 0.507. The summed E-state index contributed by atoms with van der Waals surface area (Å²) in [5.74, 6) is 1.18. The van der Waals surface area contributed by atoms with Gasteiger partial charge in [0.2, 0.25) is 0 Å². The molecule has 0 aliphatic rings. The van der Waals surface area contributed by atoms with Crippen LogP contribution in [0.2, 0.25) is 5.02 Å². The second-order valence-corrected chi connectivity index (χ2v) is 6.46. The molecule has 0 unspecified atom stereocenters. The summed E-state index contributed by atoms with van der Waals surface area (Å²) in [7, 11) is 1.57. The van der Waals surface area contributed by atoms with Gasteiger partial charge in [-0.1, -0.05) is 11.6 Å². The minimum atomic E-state index is 0.507. The number of nitrogens with one attached hydrogen (secondary N) is 1. The molecule has 0 aliphatic carbocycles. The zero-order chi connectivity index (χ0) is 19.0. The monoisotopic (exact) mass is 375 g/mol. The molecule has 6 nitrogen and oxygen atoms in total. The lowest BCUT2D eigenvalue weighted by atomic mass is 10.1. The molecule has 2 heterocycles. The number of methoxy groups -OCH3 is 1. The Morgan fingerprint density at radius 3 is 2.63 bits per heavy atom. The predicted molar refractivity (Wildman–Crippen MR) is 106 cm³/mol. The van der Waals surface area contributed by atoms with Gasteiger partial charge in [-0.15, -0.1) is 0 Å². The van der Waals surface area contributed by atoms with Crippen LogP contribution in [0.4, 0.5) is 11.5 Å². The van der Waals surface area contributed by atoms with Gasteiger partial charge in [0.15, 0.2) is 0 Å². The molecule has 132 valence electrons. The lowest BCUT2D eigenvalue weighted by Gasteiger charge is -2.12. The molecule has 2 aromatic heterocycles. The lowest BCUT2D eigenvalue weighted by molar-refractivity contribution is 0.415. The zero-order valence-electron chi connectivity index (χ0n) is 14.6. The van der Waals surface area contributed by atoms with E-state index in [9.17, 15) is 0 Å². The molecule has 7 heteroatoms. The Morgan fingerprint density at radius 1 is 1.04 bits per heavy atom. The van der Waals surface area contributed by atoms with E-state index in [1.807, 2.05) is 31.2 Å². The van der Waals surface area contributed by atoms with Crippen LogP contribution in [0.5, 0.6) is 5.75 Å². The first-order valence-corrected chi connectivity index (χ1v) is 8.53. The fraction of sp³-hybridized carbons (Fsp3) is 0.100. The standard InChI is InChI=1S/C20H14ClN5O/c1-11-3-14(21)19(27-2)7-15(11)25-20-10-24-17-6-16-13(5-18(17)26-20)4-12(8-22)9-23-16/h3-7,9-10H,1-2H3,(H,25,26). The van der Waals surface area contributed by atoms with Crippen molar-refractivity contribution in [2.24, 2.45) is 0 Å². The Kier molecular flexibility index (Phi) is 4.22. The molecular formula is C20H14ClN5O. The molecule has 0 radical (unpaired) electrons. The third-order valence-corrected chi connectivity index (χ3v) is 4.53. The van der Waals surface area contributed by atoms with E-state index in [-0.39, 0.29) is 0 Å². The van der Waals surface area contributed by atoms with Gasteiger partial charge < -0.3 is 10.1 Å². The average molecular weight is 376 g/mol. The van der Waals surface area contributed by atoms with Crippen LogP contribution in [0.15, 0.2) is 42.7 Å². The normalized spacial score (nSPS) is 10.7. The van der Waals surface area contributed by atoms with E-state index in [0.29, 0.717) is 27.7 Å². The second kappa shape index (κ2) is 6.71. The summed E-state index contributed by atoms with van der Waals surface area (Å²) < 4.78 is 5.28. The number of benzene rings is 2. The molecule has 4 aromatic rings. The molecule has 2 aromatic carbocycles. The van der Waals surface area contributed by atoms with E-state index in [1.165, 1.54) is 0 Å². The Bertz CT molecular complexity index is 1230. The number of nitrogens with zero attached hydrogens (tertiary/aromatic N) is 4. The predicted octanol–water partition coefficient (Wildman–Crippen LogP) is 4.76. The van der Waals surface area contributed by atoms with Crippen molar-refractivity contribution in [2.45, 2.75) is 6.92 Å². The number of pyridine rings is 1. The Balaban J connectivity index is 1.77. The number of hydrogen-bond acceptors (Lipinski definition) is 6. The Morgan fingerprint density at radius 2 is 1.85 bits per heavy atom. The molecule has 0 fully saturated rings. The van der Waals surface area contributed by atoms with Crippen molar-refractivity contribution >= 4 is 45.0 Å². The van der Waals surface area contributed by atoms with E-state index < -0.39 is 0 Å². The Hall–Kier alpha value is -3.43. The van der Waals surface area contributed by atoms with Crippen molar-refractivity contribution in [1.82, 2.24) is 15.0 Å². The highest BCUT2D eigenvalue weighted by Crippen LogP contribution is 2.32. The van der Waals surface area contributed by atoms with Crippen LogP contribution in [-0.2, 0) is 0 Å². The largest absolute Gasteiger partial charge is 0.495 e. The van der Waals surface area contributed by atoms with Crippen LogP contribution in [0.1, 0.15) is 11.1 Å². The maximum atomic E-state index is 9.06. The SMILES string of the molecule is COc1cc(Nc2cnc3cc4ncc(C#N)cc4cc3n2)c(C)cc1Cl. The summed E-state index contributed by atoms with van der Waals surface area (Å²) in [5, 5.41) is 13.7. The molecule has 4 rings (SSSR count). The van der Waals surface area contributed by atoms with Crippen molar-refractivity contribution in [3.8, 4) is 11.8 Å². The molecule has 0 saturated carbocycles. The number of ether oxygens (including phenoxy) is 1. The molecule has 0 saturated heterocycles. The van der Waals surface area contributed by atoms with Gasteiger partial charge in [0, 0.05) is 23.3 Å². The molecule has 0 spiro atoms. The number of aromatic nitrogens is 3. The number of hydrogen-bond donors (Lipinski definition) is 1. The van der Waals surface area contributed by atoms with Crippen LogP contribution < -0.4 is 10.1 Å². The summed E-state index contributed by atoms with van der Waals surface area (Å²) in [6, 6.07) is 11.3. The third kappa shape index (κ3) is 3.21. The van der Waals surface area contributed by atoms with E-state index in [4.69, 9.17) is 21.6 Å². The highest BCUT2D eigenvalue weighted by atomic mass is 35.5. The molecule has 1 N–H and O–H groups in total. The van der Waals surface area contributed by atoms with Crippen molar-refractivity contribution in [2.75, 3.05) is 12.4 Å². The van der Waals surface area contributed by atoms with E-state index >= 15 is 0 Å². The van der Waals surface area contributed by atoms with Gasteiger partial charge >= 0.3 is 0 Å². The van der Waals surface area contributed by atoms with Gasteiger partial charge in [-0.2, -0.15) is 5.26 Å². The van der Waals surface area contributed by atoms with E-state index in [0.717, 1.165) is 27.7 Å². The summed E-state index contributed by atoms with van der Waals surface area (Å²) in [6.07, 6.45) is 3.21. The first-order chi connectivity index (χ1) is 13.1. The maximum Gasteiger partial charge on any atom is 0.149 e. The van der Waals surface area contributed by atoms with Crippen molar-refractivity contribution in [3.63, 3.8) is 0 Å². The number of rotatable bonds is 3. The lowest BCUT2D eigenvalue weighted by Crippen LogP contribution is -1.98. The van der Waals surface area contributed by atoms with Crippen molar-refractivity contribution < 1.29 is 4.74 Å². The fourth-order valence-corrected chi connectivity index (χ4v) is 3.13. The van der Waals surface area contributed by atoms with Gasteiger partial charge in [-0.3, -0.25) is 9.97 Å². The highest BCUT2D eigenvalue weighted by Gasteiger charge is 2.09. The molecule has 0 bridgehead atoms. The number of fused-ring (bicyclic) bond motifs is 2. The molecular weight excluding hydrogens is 362 g/mol. The van der Waals surface area contributed by atoms with Gasteiger partial charge in [0.05, 0.1) is 40.4 Å². The number of halogens is 1. The van der Waals surface area contributed by atoms with Crippen LogP contribution in [-0.4, -0.2) is 22.1 Å². The first-order valence-electron chi connectivity index (χ1n) is 8.15. The topological polar surface area (TPSA) is 83.7 Å². The third-order valence-electron chi connectivity index (χ3n) is 4.24. The Labute approximate surface area is 160 Å². The molecule has 0 amide bonds. The maximum absolute atomic E-state index is 9.06. The van der Waals surface area contributed by atoms with Crippen LogP contribution in [0.3, 0.4) is 0 Å². The van der Waals surface area contributed by atoms with Crippen LogP contribution >= 0.6 is 11.6 Å². The van der Waals surface area contributed by atoms with Gasteiger partial charge in [-0.25, -0.2) is 4.98 Å².